The summed E-state index contributed by atoms with van der Waals surface area (Å²) in [6, 6.07) is 11.8. The van der Waals surface area contributed by atoms with Crippen molar-refractivity contribution in [2.75, 3.05) is 13.6 Å². The normalized spacial score (nSPS) is 13.7. The molecule has 0 amide bonds. The first kappa shape index (κ1) is 12.7. The van der Waals surface area contributed by atoms with Crippen LogP contribution in [-0.2, 0) is 0 Å². The smallest absolute Gasteiger partial charge is 0.231 e. The van der Waals surface area contributed by atoms with Gasteiger partial charge in [0, 0.05) is 0 Å². The van der Waals surface area contributed by atoms with Gasteiger partial charge in [-0.1, -0.05) is 18.2 Å². The van der Waals surface area contributed by atoms with Crippen LogP contribution in [0.4, 0.5) is 0 Å². The minimum absolute atomic E-state index is 0.360. The predicted octanol–water partition coefficient (Wildman–Crippen LogP) is 3.45. The van der Waals surface area contributed by atoms with Crippen molar-refractivity contribution in [1.82, 2.24) is 0 Å². The summed E-state index contributed by atoms with van der Waals surface area (Å²) in [5, 5.41) is 0. The molecular weight excluding hydrogens is 256 g/mol. The van der Waals surface area contributed by atoms with Crippen LogP contribution in [0.2, 0.25) is 0 Å². The molecule has 2 aliphatic heterocycles. The highest BCUT2D eigenvalue weighted by molar-refractivity contribution is 5.47. The van der Waals surface area contributed by atoms with Gasteiger partial charge in [-0.25, -0.2) is 0 Å². The Balaban J connectivity index is 0.000000121. The molecule has 0 radical (unpaired) electrons. The van der Waals surface area contributed by atoms with E-state index in [0.29, 0.717) is 13.6 Å². The summed E-state index contributed by atoms with van der Waals surface area (Å²) in [6.45, 7) is 4.76. The molecular formula is C16H16O4. The molecule has 4 nitrogen and oxygen atoms in total. The van der Waals surface area contributed by atoms with Crippen LogP contribution in [-0.4, -0.2) is 13.6 Å². The van der Waals surface area contributed by atoms with Crippen LogP contribution in [0.15, 0.2) is 36.4 Å². The Bertz CT molecular complexity index is 622. The first-order valence-electron chi connectivity index (χ1n) is 6.45. The van der Waals surface area contributed by atoms with E-state index in [-0.39, 0.29) is 0 Å². The third kappa shape index (κ3) is 2.50. The lowest BCUT2D eigenvalue weighted by Crippen LogP contribution is -1.93. The lowest BCUT2D eigenvalue weighted by Gasteiger charge is -1.96. The Morgan fingerprint density at radius 1 is 0.750 bits per heavy atom. The molecule has 104 valence electrons. The van der Waals surface area contributed by atoms with Crippen LogP contribution >= 0.6 is 0 Å². The fraction of sp³-hybridized carbons (Fsp3) is 0.250. The summed E-state index contributed by atoms with van der Waals surface area (Å²) in [5.74, 6) is 3.47. The highest BCUT2D eigenvalue weighted by Crippen LogP contribution is 2.34. The molecule has 0 atom stereocenters. The molecule has 0 fully saturated rings. The number of hydrogen-bond donors (Lipinski definition) is 0. The van der Waals surface area contributed by atoms with Gasteiger partial charge in [-0.2, -0.15) is 0 Å². The van der Waals surface area contributed by atoms with Crippen molar-refractivity contribution in [3.8, 4) is 23.0 Å². The number of benzene rings is 2. The summed E-state index contributed by atoms with van der Waals surface area (Å²) in [7, 11) is 0. The van der Waals surface area contributed by atoms with E-state index in [1.807, 2.05) is 50.2 Å². The summed E-state index contributed by atoms with van der Waals surface area (Å²) < 4.78 is 20.7. The minimum atomic E-state index is 0.360. The average molecular weight is 272 g/mol. The lowest BCUT2D eigenvalue weighted by atomic mass is 10.2. The number of ether oxygens (including phenoxy) is 4. The van der Waals surface area contributed by atoms with E-state index in [1.54, 1.807) is 0 Å². The predicted molar refractivity (Wildman–Crippen MR) is 74.6 cm³/mol. The van der Waals surface area contributed by atoms with E-state index >= 15 is 0 Å². The summed E-state index contributed by atoms with van der Waals surface area (Å²) in [6.07, 6.45) is 0. The molecule has 0 bridgehead atoms. The van der Waals surface area contributed by atoms with Gasteiger partial charge in [0.2, 0.25) is 13.6 Å². The molecule has 0 aliphatic carbocycles. The maximum absolute atomic E-state index is 5.21. The van der Waals surface area contributed by atoms with Gasteiger partial charge in [-0.15, -0.1) is 0 Å². The maximum atomic E-state index is 5.21. The van der Waals surface area contributed by atoms with Crippen molar-refractivity contribution in [2.24, 2.45) is 0 Å². The summed E-state index contributed by atoms with van der Waals surface area (Å²) in [5.41, 5.74) is 2.33. The zero-order valence-corrected chi connectivity index (χ0v) is 11.5. The van der Waals surface area contributed by atoms with Gasteiger partial charge in [0.25, 0.3) is 0 Å². The Labute approximate surface area is 117 Å². The first-order chi connectivity index (χ1) is 9.74. The molecule has 0 unspecified atom stereocenters. The molecule has 0 N–H and O–H groups in total. The van der Waals surface area contributed by atoms with Gasteiger partial charge in [-0.05, 0) is 43.2 Å². The highest BCUT2D eigenvalue weighted by atomic mass is 16.7. The van der Waals surface area contributed by atoms with E-state index in [1.165, 1.54) is 5.56 Å². The standard InChI is InChI=1S/2C8H8O2/c1-6-2-3-7-8(4-6)10-5-9-7;1-6-3-2-4-7-8(6)10-5-9-7/h2*2-4H,5H2,1H3. The lowest BCUT2D eigenvalue weighted by molar-refractivity contribution is 0.173. The van der Waals surface area contributed by atoms with Crippen LogP contribution < -0.4 is 18.9 Å². The van der Waals surface area contributed by atoms with Crippen molar-refractivity contribution < 1.29 is 18.9 Å². The van der Waals surface area contributed by atoms with Crippen LogP contribution in [0.3, 0.4) is 0 Å². The van der Waals surface area contributed by atoms with Crippen LogP contribution in [0.25, 0.3) is 0 Å². The Morgan fingerprint density at radius 2 is 1.50 bits per heavy atom. The molecule has 2 aliphatic rings. The number of hydrogen-bond acceptors (Lipinski definition) is 4. The quantitative estimate of drug-likeness (QED) is 0.736. The molecule has 20 heavy (non-hydrogen) atoms. The van der Waals surface area contributed by atoms with Crippen molar-refractivity contribution in [3.05, 3.63) is 47.5 Å². The third-order valence-electron chi connectivity index (χ3n) is 3.12. The fourth-order valence-corrected chi connectivity index (χ4v) is 2.08. The number of fused-ring (bicyclic) bond motifs is 2. The van der Waals surface area contributed by atoms with E-state index < -0.39 is 0 Å². The van der Waals surface area contributed by atoms with Gasteiger partial charge in [0.1, 0.15) is 0 Å². The highest BCUT2D eigenvalue weighted by Gasteiger charge is 2.13. The number of para-hydroxylation sites is 1. The molecule has 2 aromatic rings. The number of rotatable bonds is 0. The van der Waals surface area contributed by atoms with Crippen molar-refractivity contribution >= 4 is 0 Å². The minimum Gasteiger partial charge on any atom is -0.454 e. The topological polar surface area (TPSA) is 36.9 Å². The monoisotopic (exact) mass is 272 g/mol. The van der Waals surface area contributed by atoms with E-state index in [0.717, 1.165) is 28.6 Å². The summed E-state index contributed by atoms with van der Waals surface area (Å²) in [4.78, 5) is 0. The molecule has 0 spiro atoms. The average Bonchev–Trinajstić information content (AvgIpc) is 3.07. The second-order valence-corrected chi connectivity index (χ2v) is 4.67. The largest absolute Gasteiger partial charge is 0.454 e. The van der Waals surface area contributed by atoms with Crippen LogP contribution in [0, 0.1) is 13.8 Å². The fourth-order valence-electron chi connectivity index (χ4n) is 2.08. The van der Waals surface area contributed by atoms with Gasteiger partial charge in [0.15, 0.2) is 23.0 Å². The van der Waals surface area contributed by atoms with E-state index in [4.69, 9.17) is 18.9 Å². The molecule has 4 rings (SSSR count). The van der Waals surface area contributed by atoms with Crippen LogP contribution in [0.5, 0.6) is 23.0 Å². The molecule has 2 heterocycles. The van der Waals surface area contributed by atoms with Gasteiger partial charge < -0.3 is 18.9 Å². The number of aryl methyl sites for hydroxylation is 2. The SMILES string of the molecule is Cc1ccc2c(c1)OCO2.Cc1cccc2c1OCO2. The van der Waals surface area contributed by atoms with E-state index in [2.05, 4.69) is 0 Å². The Kier molecular flexibility index (Phi) is 3.37. The molecule has 2 aromatic carbocycles. The molecule has 0 saturated carbocycles. The van der Waals surface area contributed by atoms with Gasteiger partial charge in [-0.3, -0.25) is 0 Å². The molecule has 4 heteroatoms. The maximum Gasteiger partial charge on any atom is 0.231 e. The molecule has 0 saturated heterocycles. The second-order valence-electron chi connectivity index (χ2n) is 4.67. The summed E-state index contributed by atoms with van der Waals surface area (Å²) >= 11 is 0. The zero-order valence-electron chi connectivity index (χ0n) is 11.5. The van der Waals surface area contributed by atoms with Crippen LogP contribution in [0.1, 0.15) is 11.1 Å². The van der Waals surface area contributed by atoms with Crippen molar-refractivity contribution in [1.29, 1.82) is 0 Å². The molecule has 0 aromatic heterocycles. The second kappa shape index (κ2) is 5.33. The first-order valence-corrected chi connectivity index (χ1v) is 6.45. The van der Waals surface area contributed by atoms with Crippen molar-refractivity contribution in [2.45, 2.75) is 13.8 Å². The van der Waals surface area contributed by atoms with E-state index in [9.17, 15) is 0 Å². The third-order valence-corrected chi connectivity index (χ3v) is 3.12. The van der Waals surface area contributed by atoms with Gasteiger partial charge in [0.05, 0.1) is 0 Å². The zero-order chi connectivity index (χ0) is 13.9. The van der Waals surface area contributed by atoms with Gasteiger partial charge >= 0.3 is 0 Å². The Morgan fingerprint density at radius 3 is 2.35 bits per heavy atom. The van der Waals surface area contributed by atoms with Crippen molar-refractivity contribution in [3.63, 3.8) is 0 Å². The Hall–Kier alpha value is -2.36.